The largest absolute Gasteiger partial charge is 0.476 e. The third kappa shape index (κ3) is 2.89. The van der Waals surface area contributed by atoms with Crippen LogP contribution in [-0.2, 0) is 9.53 Å². The van der Waals surface area contributed by atoms with Crippen molar-refractivity contribution in [3.05, 3.63) is 74.4 Å². The van der Waals surface area contributed by atoms with Gasteiger partial charge in [-0.25, -0.2) is 9.59 Å². The summed E-state index contributed by atoms with van der Waals surface area (Å²) in [6, 6.07) is 11.9. The van der Waals surface area contributed by atoms with Gasteiger partial charge in [-0.1, -0.05) is 12.1 Å². The lowest BCUT2D eigenvalue weighted by Gasteiger charge is -2.17. The Labute approximate surface area is 185 Å². The number of H-pyrrole nitrogens is 1. The minimum atomic E-state index is -1.22. The number of hydrogen-bond acceptors (Lipinski definition) is 8. The van der Waals surface area contributed by atoms with Crippen molar-refractivity contribution < 1.29 is 28.2 Å². The molecule has 0 saturated carbocycles. The topological polar surface area (TPSA) is 117 Å². The zero-order chi connectivity index (χ0) is 22.7. The van der Waals surface area contributed by atoms with Crippen molar-refractivity contribution in [3.63, 3.8) is 0 Å². The Balaban J connectivity index is 1.61. The van der Waals surface area contributed by atoms with Crippen LogP contribution in [0.15, 0.2) is 56.5 Å². The minimum Gasteiger partial charge on any atom is -0.476 e. The molecule has 2 aromatic carbocycles. The standard InChI is InChI=1S/C24H17NO8/c1-2-29-24(28)21-18(19-20(33-21)12-5-3-4-6-15(12)32-23(19)27)13-7-11-8-16-17(31-10-30-16)9-14(11)25-22(13)26/h3-9,18,21H,2,10H2,1H3,(H,25,26). The number of carbonyl (C=O) groups excluding carboxylic acids is 1. The van der Waals surface area contributed by atoms with E-state index in [0.29, 0.717) is 33.4 Å². The molecule has 2 unspecified atom stereocenters. The molecule has 0 radical (unpaired) electrons. The van der Waals surface area contributed by atoms with Gasteiger partial charge in [-0.15, -0.1) is 0 Å². The van der Waals surface area contributed by atoms with Gasteiger partial charge in [0, 0.05) is 17.0 Å². The Morgan fingerprint density at radius 3 is 2.73 bits per heavy atom. The Bertz CT molecular complexity index is 1570. The molecule has 166 valence electrons. The quantitative estimate of drug-likeness (QED) is 0.376. The van der Waals surface area contributed by atoms with E-state index in [1.54, 1.807) is 49.4 Å². The average molecular weight is 447 g/mol. The van der Waals surface area contributed by atoms with E-state index in [9.17, 15) is 14.4 Å². The summed E-state index contributed by atoms with van der Waals surface area (Å²) in [6.07, 6.45) is -1.22. The van der Waals surface area contributed by atoms with Crippen molar-refractivity contribution in [2.75, 3.05) is 13.4 Å². The van der Waals surface area contributed by atoms with Gasteiger partial charge in [0.1, 0.15) is 11.3 Å². The number of pyridine rings is 1. The molecule has 2 aliphatic rings. The molecule has 0 saturated heterocycles. The van der Waals surface area contributed by atoms with E-state index in [1.165, 1.54) is 0 Å². The van der Waals surface area contributed by atoms with E-state index in [4.69, 9.17) is 23.4 Å². The lowest BCUT2D eigenvalue weighted by atomic mass is 9.88. The molecule has 1 N–H and O–H groups in total. The van der Waals surface area contributed by atoms with Crippen molar-refractivity contribution >= 4 is 27.8 Å². The monoisotopic (exact) mass is 447 g/mol. The second kappa shape index (κ2) is 7.13. The number of esters is 1. The number of nitrogens with one attached hydrogen (secondary N) is 1. The van der Waals surface area contributed by atoms with Crippen molar-refractivity contribution in [1.82, 2.24) is 4.98 Å². The van der Waals surface area contributed by atoms with Gasteiger partial charge in [-0.2, -0.15) is 0 Å². The molecule has 9 heteroatoms. The molecule has 9 nitrogen and oxygen atoms in total. The summed E-state index contributed by atoms with van der Waals surface area (Å²) in [6.45, 7) is 1.88. The fraction of sp³-hybridized carbons (Fsp3) is 0.208. The Morgan fingerprint density at radius 1 is 1.12 bits per heavy atom. The van der Waals surface area contributed by atoms with Crippen LogP contribution in [0.25, 0.3) is 21.9 Å². The summed E-state index contributed by atoms with van der Waals surface area (Å²) in [4.78, 5) is 41.8. The minimum absolute atomic E-state index is 0.0889. The van der Waals surface area contributed by atoms with E-state index < -0.39 is 29.2 Å². The number of benzene rings is 2. The van der Waals surface area contributed by atoms with Crippen LogP contribution in [0.2, 0.25) is 0 Å². The van der Waals surface area contributed by atoms with Crippen LogP contribution < -0.4 is 25.4 Å². The maximum atomic E-state index is 13.2. The van der Waals surface area contributed by atoms with Crippen molar-refractivity contribution in [2.45, 2.75) is 18.9 Å². The van der Waals surface area contributed by atoms with Crippen LogP contribution in [0.4, 0.5) is 0 Å². The van der Waals surface area contributed by atoms with Gasteiger partial charge < -0.3 is 28.3 Å². The highest BCUT2D eigenvalue weighted by molar-refractivity contribution is 5.89. The van der Waals surface area contributed by atoms with Gasteiger partial charge in [0.05, 0.1) is 29.0 Å². The number of para-hydroxylation sites is 1. The highest BCUT2D eigenvalue weighted by atomic mass is 16.7. The van der Waals surface area contributed by atoms with Gasteiger partial charge in [0.15, 0.2) is 11.5 Å². The van der Waals surface area contributed by atoms with Gasteiger partial charge >= 0.3 is 11.6 Å². The molecule has 0 aliphatic carbocycles. The summed E-state index contributed by atoms with van der Waals surface area (Å²) >= 11 is 0. The van der Waals surface area contributed by atoms with Crippen LogP contribution in [0, 0.1) is 0 Å². The molecule has 0 spiro atoms. The third-order valence-electron chi connectivity index (χ3n) is 5.88. The molecule has 0 fully saturated rings. The van der Waals surface area contributed by atoms with Gasteiger partial charge in [-0.3, -0.25) is 4.79 Å². The Hall–Kier alpha value is -4.27. The first-order chi connectivity index (χ1) is 16.0. The number of aromatic amines is 1. The first-order valence-electron chi connectivity index (χ1n) is 10.4. The number of hydrogen-bond donors (Lipinski definition) is 1. The maximum absolute atomic E-state index is 13.2. The predicted molar refractivity (Wildman–Crippen MR) is 116 cm³/mol. The SMILES string of the molecule is CCOC(=O)C1Oc2c(c(=O)oc3ccccc23)C1c1cc2cc3c(cc2[nH]c1=O)OCO3. The van der Waals surface area contributed by atoms with Crippen LogP contribution in [0.1, 0.15) is 24.0 Å². The highest BCUT2D eigenvalue weighted by Gasteiger charge is 2.46. The summed E-state index contributed by atoms with van der Waals surface area (Å²) in [5.41, 5.74) is 0.00320. The van der Waals surface area contributed by atoms with E-state index in [2.05, 4.69) is 4.98 Å². The first kappa shape index (κ1) is 19.4. The summed E-state index contributed by atoms with van der Waals surface area (Å²) < 4.78 is 27.5. The number of carbonyl (C=O) groups is 1. The number of rotatable bonds is 3. The fourth-order valence-electron chi connectivity index (χ4n) is 4.45. The van der Waals surface area contributed by atoms with Crippen LogP contribution in [0.5, 0.6) is 17.2 Å². The molecule has 33 heavy (non-hydrogen) atoms. The molecule has 6 rings (SSSR count). The molecule has 4 heterocycles. The molecule has 0 amide bonds. The molecule has 2 aromatic heterocycles. The van der Waals surface area contributed by atoms with Crippen molar-refractivity contribution in [3.8, 4) is 17.2 Å². The molecular weight excluding hydrogens is 430 g/mol. The van der Waals surface area contributed by atoms with Crippen molar-refractivity contribution in [1.29, 1.82) is 0 Å². The third-order valence-corrected chi connectivity index (χ3v) is 5.88. The predicted octanol–water partition coefficient (Wildman–Crippen LogP) is 2.82. The van der Waals surface area contributed by atoms with Crippen LogP contribution in [0.3, 0.4) is 0 Å². The summed E-state index contributed by atoms with van der Waals surface area (Å²) in [5.74, 6) is -0.408. The summed E-state index contributed by atoms with van der Waals surface area (Å²) in [5, 5.41) is 1.18. The molecule has 2 aliphatic heterocycles. The highest BCUT2D eigenvalue weighted by Crippen LogP contribution is 2.44. The van der Waals surface area contributed by atoms with Crippen molar-refractivity contribution in [2.24, 2.45) is 0 Å². The van der Waals surface area contributed by atoms with E-state index in [-0.39, 0.29) is 30.3 Å². The number of fused-ring (bicyclic) bond motifs is 5. The average Bonchev–Trinajstić information content (AvgIpc) is 3.42. The van der Waals surface area contributed by atoms with Crippen LogP contribution >= 0.6 is 0 Å². The molecule has 2 atom stereocenters. The zero-order valence-electron chi connectivity index (χ0n) is 17.4. The number of ether oxygens (including phenoxy) is 4. The molecular formula is C24H17NO8. The second-order valence-corrected chi connectivity index (χ2v) is 7.74. The summed E-state index contributed by atoms with van der Waals surface area (Å²) in [7, 11) is 0. The van der Waals surface area contributed by atoms with Gasteiger partial charge in [-0.05, 0) is 31.2 Å². The fourth-order valence-corrected chi connectivity index (χ4v) is 4.45. The van der Waals surface area contributed by atoms with E-state index >= 15 is 0 Å². The molecule has 4 aromatic rings. The van der Waals surface area contributed by atoms with Gasteiger partial charge in [0.2, 0.25) is 12.9 Å². The Kier molecular flexibility index (Phi) is 4.19. The molecule has 0 bridgehead atoms. The maximum Gasteiger partial charge on any atom is 0.348 e. The number of aromatic nitrogens is 1. The first-order valence-corrected chi connectivity index (χ1v) is 10.4. The smallest absolute Gasteiger partial charge is 0.348 e. The van der Waals surface area contributed by atoms with E-state index in [1.807, 2.05) is 0 Å². The Morgan fingerprint density at radius 2 is 1.91 bits per heavy atom. The lowest BCUT2D eigenvalue weighted by molar-refractivity contribution is -0.151. The normalized spacial score (nSPS) is 18.3. The van der Waals surface area contributed by atoms with Gasteiger partial charge in [0.25, 0.3) is 5.56 Å². The second-order valence-electron chi connectivity index (χ2n) is 7.74. The van der Waals surface area contributed by atoms with E-state index in [0.717, 1.165) is 0 Å². The lowest BCUT2D eigenvalue weighted by Crippen LogP contribution is -2.35. The zero-order valence-corrected chi connectivity index (χ0v) is 17.4. The van der Waals surface area contributed by atoms with Crippen LogP contribution in [-0.4, -0.2) is 30.5 Å².